The second kappa shape index (κ2) is 5.41. The topological polar surface area (TPSA) is 47.3 Å². The molecule has 0 aliphatic heterocycles. The van der Waals surface area contributed by atoms with Gasteiger partial charge in [0.1, 0.15) is 6.10 Å². The lowest BCUT2D eigenvalue weighted by atomic mass is 9.75. The van der Waals surface area contributed by atoms with Crippen molar-refractivity contribution in [2.75, 3.05) is 6.61 Å². The van der Waals surface area contributed by atoms with Crippen molar-refractivity contribution in [3.05, 3.63) is 18.0 Å². The van der Waals surface area contributed by atoms with E-state index in [2.05, 4.69) is 12.0 Å². The van der Waals surface area contributed by atoms with E-state index >= 15 is 0 Å². The van der Waals surface area contributed by atoms with Gasteiger partial charge in [-0.05, 0) is 44.6 Å². The Morgan fingerprint density at radius 1 is 1.56 bits per heavy atom. The van der Waals surface area contributed by atoms with Crippen molar-refractivity contribution < 1.29 is 9.84 Å². The molecule has 0 aromatic carbocycles. The molecule has 2 rings (SSSR count). The van der Waals surface area contributed by atoms with E-state index in [1.165, 1.54) is 0 Å². The summed E-state index contributed by atoms with van der Waals surface area (Å²) in [5, 5.41) is 14.9. The molecule has 18 heavy (non-hydrogen) atoms. The molecule has 4 nitrogen and oxygen atoms in total. The van der Waals surface area contributed by atoms with E-state index in [4.69, 9.17) is 4.74 Å². The van der Waals surface area contributed by atoms with Crippen molar-refractivity contribution in [2.24, 2.45) is 13.0 Å². The van der Waals surface area contributed by atoms with Crippen LogP contribution < -0.4 is 0 Å². The Balaban J connectivity index is 2.18. The van der Waals surface area contributed by atoms with Gasteiger partial charge < -0.3 is 9.84 Å². The fraction of sp³-hybridized carbons (Fsp3) is 0.786. The van der Waals surface area contributed by atoms with Gasteiger partial charge in [-0.1, -0.05) is 6.92 Å². The number of nitrogens with zero attached hydrogens (tertiary/aromatic N) is 2. The average Bonchev–Trinajstić information content (AvgIpc) is 2.78. The van der Waals surface area contributed by atoms with Crippen LogP contribution in [-0.2, 0) is 11.8 Å². The average molecular weight is 252 g/mol. The van der Waals surface area contributed by atoms with Crippen LogP contribution >= 0.6 is 0 Å². The van der Waals surface area contributed by atoms with Gasteiger partial charge >= 0.3 is 0 Å². The Labute approximate surface area is 109 Å². The van der Waals surface area contributed by atoms with Crippen LogP contribution in [0.1, 0.15) is 51.3 Å². The van der Waals surface area contributed by atoms with Crippen molar-refractivity contribution in [1.82, 2.24) is 9.78 Å². The minimum atomic E-state index is -0.619. The van der Waals surface area contributed by atoms with Crippen LogP contribution in [0.15, 0.2) is 12.3 Å². The lowest BCUT2D eigenvalue weighted by Crippen LogP contribution is -2.43. The number of aryl methyl sites for hydroxylation is 1. The Kier molecular flexibility index (Phi) is 4.07. The minimum absolute atomic E-state index is 0.435. The molecule has 1 unspecified atom stereocenters. The lowest BCUT2D eigenvalue weighted by Gasteiger charge is -2.41. The van der Waals surface area contributed by atoms with E-state index in [0.29, 0.717) is 6.61 Å². The first-order valence-corrected chi connectivity index (χ1v) is 6.89. The Morgan fingerprint density at radius 2 is 2.22 bits per heavy atom. The molecule has 0 saturated heterocycles. The highest BCUT2D eigenvalue weighted by Crippen LogP contribution is 2.42. The Hall–Kier alpha value is -0.870. The number of hydrogen-bond donors (Lipinski definition) is 1. The second-order valence-electron chi connectivity index (χ2n) is 5.50. The van der Waals surface area contributed by atoms with Gasteiger partial charge in [-0.15, -0.1) is 0 Å². The maximum Gasteiger partial charge on any atom is 0.127 e. The molecular weight excluding hydrogens is 228 g/mol. The van der Waals surface area contributed by atoms with Gasteiger partial charge in [0.2, 0.25) is 0 Å². The normalized spacial score (nSPS) is 30.3. The van der Waals surface area contributed by atoms with Crippen LogP contribution in [0.2, 0.25) is 0 Å². The smallest absolute Gasteiger partial charge is 0.127 e. The molecule has 1 aromatic rings. The summed E-state index contributed by atoms with van der Waals surface area (Å²) >= 11 is 0. The van der Waals surface area contributed by atoms with Gasteiger partial charge in [0, 0.05) is 19.9 Å². The van der Waals surface area contributed by atoms with Gasteiger partial charge in [0.25, 0.3) is 0 Å². The summed E-state index contributed by atoms with van der Waals surface area (Å²) in [5.74, 6) is 0.731. The number of aromatic nitrogens is 2. The summed E-state index contributed by atoms with van der Waals surface area (Å²) in [6, 6.07) is 1.88. The second-order valence-corrected chi connectivity index (χ2v) is 5.50. The van der Waals surface area contributed by atoms with Crippen LogP contribution in [-0.4, -0.2) is 27.1 Å². The van der Waals surface area contributed by atoms with E-state index in [0.717, 1.165) is 37.3 Å². The number of aliphatic hydroxyl groups is 1. The van der Waals surface area contributed by atoms with Crippen LogP contribution in [0.5, 0.6) is 0 Å². The lowest BCUT2D eigenvalue weighted by molar-refractivity contribution is -0.147. The van der Waals surface area contributed by atoms with Crippen LogP contribution in [0.3, 0.4) is 0 Å². The highest BCUT2D eigenvalue weighted by atomic mass is 16.5. The summed E-state index contributed by atoms with van der Waals surface area (Å²) in [6.07, 6.45) is 5.31. The van der Waals surface area contributed by atoms with Crippen molar-refractivity contribution >= 4 is 0 Å². The monoisotopic (exact) mass is 252 g/mol. The summed E-state index contributed by atoms with van der Waals surface area (Å²) < 4.78 is 7.67. The number of hydrogen-bond acceptors (Lipinski definition) is 3. The number of rotatable bonds is 4. The zero-order chi connectivity index (χ0) is 13.2. The molecule has 102 valence electrons. The van der Waals surface area contributed by atoms with Crippen molar-refractivity contribution in [2.45, 2.75) is 51.2 Å². The van der Waals surface area contributed by atoms with Gasteiger partial charge in [-0.3, -0.25) is 4.68 Å². The molecule has 1 N–H and O–H groups in total. The van der Waals surface area contributed by atoms with Crippen LogP contribution in [0.4, 0.5) is 0 Å². The summed E-state index contributed by atoms with van der Waals surface area (Å²) in [7, 11) is 1.87. The molecular formula is C14H24N2O2. The zero-order valence-corrected chi connectivity index (χ0v) is 11.6. The molecule has 4 heteroatoms. The van der Waals surface area contributed by atoms with Gasteiger partial charge in [-0.2, -0.15) is 5.10 Å². The fourth-order valence-corrected chi connectivity index (χ4v) is 2.88. The molecule has 1 saturated carbocycles. The van der Waals surface area contributed by atoms with E-state index in [1.54, 1.807) is 4.68 Å². The molecule has 1 aliphatic rings. The predicted octanol–water partition coefficient (Wildman–Crippen LogP) is 2.44. The van der Waals surface area contributed by atoms with Gasteiger partial charge in [0.05, 0.1) is 11.3 Å². The molecule has 0 radical (unpaired) electrons. The predicted molar refractivity (Wildman–Crippen MR) is 70.2 cm³/mol. The van der Waals surface area contributed by atoms with Gasteiger partial charge in [-0.25, -0.2) is 0 Å². The number of aliphatic hydroxyl groups excluding tert-OH is 1. The third-order valence-electron chi connectivity index (χ3n) is 4.07. The van der Waals surface area contributed by atoms with Crippen LogP contribution in [0.25, 0.3) is 0 Å². The number of ether oxygens (including phenoxy) is 1. The molecule has 1 heterocycles. The summed E-state index contributed by atoms with van der Waals surface area (Å²) in [6.45, 7) is 4.90. The zero-order valence-electron chi connectivity index (χ0n) is 11.6. The van der Waals surface area contributed by atoms with Gasteiger partial charge in [0.15, 0.2) is 0 Å². The largest absolute Gasteiger partial charge is 0.384 e. The van der Waals surface area contributed by atoms with Crippen LogP contribution in [0, 0.1) is 5.92 Å². The molecule has 0 amide bonds. The van der Waals surface area contributed by atoms with Crippen molar-refractivity contribution in [3.63, 3.8) is 0 Å². The Morgan fingerprint density at radius 3 is 2.72 bits per heavy atom. The SMILES string of the molecule is CCOC1(C(O)c2ccn(C)n2)CCC(C)CC1. The molecule has 0 bridgehead atoms. The van der Waals surface area contributed by atoms with Crippen molar-refractivity contribution in [3.8, 4) is 0 Å². The van der Waals surface area contributed by atoms with Crippen molar-refractivity contribution in [1.29, 1.82) is 0 Å². The minimum Gasteiger partial charge on any atom is -0.384 e. The van der Waals surface area contributed by atoms with E-state index in [-0.39, 0.29) is 0 Å². The molecule has 1 aliphatic carbocycles. The maximum atomic E-state index is 10.6. The third-order valence-corrected chi connectivity index (χ3v) is 4.07. The van der Waals surface area contributed by atoms with E-state index in [1.807, 2.05) is 26.2 Å². The fourth-order valence-electron chi connectivity index (χ4n) is 2.88. The van der Waals surface area contributed by atoms with E-state index in [9.17, 15) is 5.11 Å². The first-order valence-electron chi connectivity index (χ1n) is 6.89. The highest BCUT2D eigenvalue weighted by molar-refractivity contribution is 5.10. The maximum absolute atomic E-state index is 10.6. The quantitative estimate of drug-likeness (QED) is 0.895. The van der Waals surface area contributed by atoms with E-state index < -0.39 is 11.7 Å². The molecule has 0 spiro atoms. The standard InChI is InChI=1S/C14H24N2O2/c1-4-18-14(8-5-11(2)6-9-14)13(17)12-7-10-16(3)15-12/h7,10-11,13,17H,4-6,8-9H2,1-3H3. The first-order chi connectivity index (χ1) is 8.57. The highest BCUT2D eigenvalue weighted by Gasteiger charge is 2.43. The summed E-state index contributed by atoms with van der Waals surface area (Å²) in [5.41, 5.74) is 0.288. The molecule has 1 aromatic heterocycles. The Bertz CT molecular complexity index is 381. The first kappa shape index (κ1) is 13.6. The molecule has 1 fully saturated rings. The molecule has 1 atom stereocenters. The summed E-state index contributed by atoms with van der Waals surface area (Å²) in [4.78, 5) is 0. The third kappa shape index (κ3) is 2.59.